The number of hydrogen-bond acceptors (Lipinski definition) is 2. The van der Waals surface area contributed by atoms with Crippen molar-refractivity contribution in [1.82, 2.24) is 9.97 Å². The molecule has 0 spiro atoms. The van der Waals surface area contributed by atoms with Crippen molar-refractivity contribution in [2.75, 3.05) is 0 Å². The van der Waals surface area contributed by atoms with Crippen LogP contribution >= 0.6 is 27.5 Å². The van der Waals surface area contributed by atoms with Gasteiger partial charge >= 0.3 is 0 Å². The number of nitrogens with one attached hydrogen (secondary N) is 1. The Morgan fingerprint density at radius 1 is 1.25 bits per heavy atom. The van der Waals surface area contributed by atoms with Crippen molar-refractivity contribution in [2.24, 2.45) is 0 Å². The van der Waals surface area contributed by atoms with Crippen LogP contribution in [0.2, 0.25) is 5.02 Å². The second-order valence-electron chi connectivity index (χ2n) is 3.35. The summed E-state index contributed by atoms with van der Waals surface area (Å²) >= 11 is 9.15. The molecule has 0 saturated heterocycles. The van der Waals surface area contributed by atoms with Crippen LogP contribution in [0.1, 0.15) is 0 Å². The lowest BCUT2D eigenvalue weighted by Crippen LogP contribution is -1.74. The fourth-order valence-electron chi connectivity index (χ4n) is 1.54. The van der Waals surface area contributed by atoms with Gasteiger partial charge < -0.3 is 9.40 Å². The molecular formula is C11H6BrClN2O. The van der Waals surface area contributed by atoms with E-state index in [1.54, 1.807) is 0 Å². The van der Waals surface area contributed by atoms with E-state index in [9.17, 15) is 0 Å². The molecule has 0 aliphatic rings. The Kier molecular flexibility index (Phi) is 2.26. The maximum Gasteiger partial charge on any atom is 0.174 e. The molecule has 1 N–H and O–H groups in total. The third-order valence-electron chi connectivity index (χ3n) is 2.25. The van der Waals surface area contributed by atoms with Gasteiger partial charge in [-0.15, -0.1) is 0 Å². The minimum absolute atomic E-state index is 0.681. The number of imidazole rings is 1. The van der Waals surface area contributed by atoms with Gasteiger partial charge in [0.2, 0.25) is 0 Å². The normalized spacial score (nSPS) is 11.1. The van der Waals surface area contributed by atoms with Crippen molar-refractivity contribution in [1.29, 1.82) is 0 Å². The Hall–Kier alpha value is -1.26. The number of fused-ring (bicyclic) bond motifs is 1. The number of hydrogen-bond donors (Lipinski definition) is 1. The van der Waals surface area contributed by atoms with E-state index in [4.69, 9.17) is 16.0 Å². The molecule has 0 fully saturated rings. The van der Waals surface area contributed by atoms with Gasteiger partial charge in [-0.25, -0.2) is 4.98 Å². The molecule has 0 aliphatic heterocycles. The van der Waals surface area contributed by atoms with E-state index in [1.165, 1.54) is 0 Å². The highest BCUT2D eigenvalue weighted by molar-refractivity contribution is 9.10. The Morgan fingerprint density at radius 3 is 2.88 bits per heavy atom. The number of aromatic amines is 1. The fourth-order valence-corrected chi connectivity index (χ4v) is 2.02. The highest BCUT2D eigenvalue weighted by Gasteiger charge is 2.08. The summed E-state index contributed by atoms with van der Waals surface area (Å²) in [6.07, 6.45) is 0. The lowest BCUT2D eigenvalue weighted by Gasteiger charge is -1.88. The number of benzene rings is 1. The zero-order valence-corrected chi connectivity index (χ0v) is 10.3. The second-order valence-corrected chi connectivity index (χ2v) is 4.57. The lowest BCUT2D eigenvalue weighted by atomic mass is 10.3. The Bertz CT molecular complexity index is 659. The number of aromatic nitrogens is 2. The van der Waals surface area contributed by atoms with Gasteiger partial charge in [-0.3, -0.25) is 0 Å². The first kappa shape index (κ1) is 9.93. The van der Waals surface area contributed by atoms with Crippen molar-refractivity contribution in [3.05, 3.63) is 40.0 Å². The van der Waals surface area contributed by atoms with Gasteiger partial charge in [0.1, 0.15) is 0 Å². The van der Waals surface area contributed by atoms with Crippen LogP contribution < -0.4 is 0 Å². The monoisotopic (exact) mass is 296 g/mol. The maximum absolute atomic E-state index is 5.90. The molecule has 0 unspecified atom stereocenters. The van der Waals surface area contributed by atoms with E-state index >= 15 is 0 Å². The Balaban J connectivity index is 2.18. The smallest absolute Gasteiger partial charge is 0.174 e. The van der Waals surface area contributed by atoms with E-state index < -0.39 is 0 Å². The van der Waals surface area contributed by atoms with E-state index in [0.29, 0.717) is 21.3 Å². The number of halogens is 2. The molecule has 2 aromatic heterocycles. The standard InChI is InChI=1S/C11H6BrClN2O/c12-10-4-3-9(16-10)11-14-7-2-1-6(13)5-8(7)15-11/h1-5H,(H,14,15). The average molecular weight is 298 g/mol. The molecular weight excluding hydrogens is 291 g/mol. The third-order valence-corrected chi connectivity index (χ3v) is 2.91. The maximum atomic E-state index is 5.90. The van der Waals surface area contributed by atoms with Crippen molar-refractivity contribution >= 4 is 38.6 Å². The highest BCUT2D eigenvalue weighted by atomic mass is 79.9. The number of furan rings is 1. The summed E-state index contributed by atoms with van der Waals surface area (Å²) in [6, 6.07) is 9.20. The van der Waals surface area contributed by atoms with Crippen LogP contribution in [0.15, 0.2) is 39.4 Å². The predicted octanol–water partition coefficient (Wildman–Crippen LogP) is 4.24. The molecule has 0 bridgehead atoms. The van der Waals surface area contributed by atoms with E-state index in [0.717, 1.165) is 11.0 Å². The van der Waals surface area contributed by atoms with Gasteiger partial charge in [-0.05, 0) is 46.3 Å². The molecule has 0 amide bonds. The summed E-state index contributed by atoms with van der Waals surface area (Å²) in [4.78, 5) is 7.56. The summed E-state index contributed by atoms with van der Waals surface area (Å²) in [6.45, 7) is 0. The first-order valence-corrected chi connectivity index (χ1v) is 5.80. The van der Waals surface area contributed by atoms with Crippen LogP contribution in [-0.2, 0) is 0 Å². The van der Waals surface area contributed by atoms with Gasteiger partial charge in [0.25, 0.3) is 0 Å². The number of rotatable bonds is 1. The molecule has 2 heterocycles. The molecule has 3 nitrogen and oxygen atoms in total. The minimum atomic E-state index is 0.681. The average Bonchev–Trinajstić information content (AvgIpc) is 2.83. The van der Waals surface area contributed by atoms with Crippen LogP contribution in [0.25, 0.3) is 22.6 Å². The van der Waals surface area contributed by atoms with Gasteiger partial charge in [0.05, 0.1) is 11.0 Å². The molecule has 0 saturated carbocycles. The summed E-state index contributed by atoms with van der Waals surface area (Å²) < 4.78 is 6.10. The Labute approximate surface area is 105 Å². The highest BCUT2D eigenvalue weighted by Crippen LogP contribution is 2.25. The van der Waals surface area contributed by atoms with E-state index in [1.807, 2.05) is 30.3 Å². The zero-order valence-electron chi connectivity index (χ0n) is 8.00. The third kappa shape index (κ3) is 1.64. The predicted molar refractivity (Wildman–Crippen MR) is 66.5 cm³/mol. The minimum Gasteiger partial charge on any atom is -0.446 e. The molecule has 3 aromatic rings. The molecule has 1 aromatic carbocycles. The number of nitrogens with zero attached hydrogens (tertiary/aromatic N) is 1. The van der Waals surface area contributed by atoms with Crippen molar-refractivity contribution in [2.45, 2.75) is 0 Å². The molecule has 0 radical (unpaired) electrons. The Morgan fingerprint density at radius 2 is 2.12 bits per heavy atom. The van der Waals surface area contributed by atoms with E-state index in [-0.39, 0.29) is 0 Å². The van der Waals surface area contributed by atoms with Gasteiger partial charge in [0.15, 0.2) is 16.3 Å². The SMILES string of the molecule is Clc1ccc2nc(-c3ccc(Br)o3)[nH]c2c1. The molecule has 3 rings (SSSR count). The fraction of sp³-hybridized carbons (Fsp3) is 0. The topological polar surface area (TPSA) is 41.8 Å². The van der Waals surface area contributed by atoms with Crippen LogP contribution in [0, 0.1) is 0 Å². The van der Waals surface area contributed by atoms with Gasteiger partial charge in [-0.2, -0.15) is 0 Å². The van der Waals surface area contributed by atoms with Crippen molar-refractivity contribution in [3.8, 4) is 11.6 Å². The van der Waals surface area contributed by atoms with Crippen LogP contribution in [0.4, 0.5) is 0 Å². The van der Waals surface area contributed by atoms with Crippen LogP contribution in [-0.4, -0.2) is 9.97 Å². The van der Waals surface area contributed by atoms with Crippen molar-refractivity contribution in [3.63, 3.8) is 0 Å². The van der Waals surface area contributed by atoms with Crippen LogP contribution in [0.5, 0.6) is 0 Å². The van der Waals surface area contributed by atoms with Gasteiger partial charge in [0, 0.05) is 5.02 Å². The largest absolute Gasteiger partial charge is 0.446 e. The zero-order chi connectivity index (χ0) is 11.1. The second kappa shape index (κ2) is 3.64. The molecule has 0 atom stereocenters. The quantitative estimate of drug-likeness (QED) is 0.730. The first-order valence-electron chi connectivity index (χ1n) is 4.63. The van der Waals surface area contributed by atoms with E-state index in [2.05, 4.69) is 25.9 Å². The summed E-state index contributed by atoms with van der Waals surface area (Å²) in [5.74, 6) is 1.39. The number of H-pyrrole nitrogens is 1. The molecule has 0 aliphatic carbocycles. The van der Waals surface area contributed by atoms with Crippen LogP contribution in [0.3, 0.4) is 0 Å². The summed E-state index contributed by atoms with van der Waals surface area (Å²) in [5.41, 5.74) is 1.77. The molecule has 16 heavy (non-hydrogen) atoms. The molecule has 80 valence electrons. The van der Waals surface area contributed by atoms with Crippen molar-refractivity contribution < 1.29 is 4.42 Å². The van der Waals surface area contributed by atoms with Gasteiger partial charge in [-0.1, -0.05) is 11.6 Å². The first-order chi connectivity index (χ1) is 7.72. The summed E-state index contributed by atoms with van der Waals surface area (Å²) in [7, 11) is 0. The summed E-state index contributed by atoms with van der Waals surface area (Å²) in [5, 5.41) is 0.684. The molecule has 5 heteroatoms. The lowest BCUT2D eigenvalue weighted by molar-refractivity contribution is 0.552.